The number of nitrogens with zero attached hydrogens (tertiary/aromatic N) is 1. The minimum atomic E-state index is -3.49. The lowest BCUT2D eigenvalue weighted by Crippen LogP contribution is -2.41. The molecule has 0 spiro atoms. The van der Waals surface area contributed by atoms with Crippen LogP contribution >= 0.6 is 0 Å². The summed E-state index contributed by atoms with van der Waals surface area (Å²) in [7, 11) is -3.49. The van der Waals surface area contributed by atoms with Crippen LogP contribution in [0.5, 0.6) is 0 Å². The fourth-order valence-corrected chi connectivity index (χ4v) is 2.91. The van der Waals surface area contributed by atoms with Crippen molar-refractivity contribution in [2.75, 3.05) is 19.6 Å². The molecule has 1 atom stereocenters. The first-order valence-electron chi connectivity index (χ1n) is 4.80. The smallest absolute Gasteiger partial charge is 0.310 e. The lowest BCUT2D eigenvalue weighted by atomic mass is 9.90. The van der Waals surface area contributed by atoms with E-state index >= 15 is 0 Å². The van der Waals surface area contributed by atoms with Gasteiger partial charge in [-0.2, -0.15) is 12.7 Å². The van der Waals surface area contributed by atoms with Gasteiger partial charge in [-0.15, -0.1) is 0 Å². The summed E-state index contributed by atoms with van der Waals surface area (Å²) in [5.41, 5.74) is -0.956. The summed E-state index contributed by atoms with van der Waals surface area (Å²) in [6, 6.07) is 0. The number of rotatable bonds is 4. The zero-order chi connectivity index (χ0) is 11.7. The number of carboxylic acids is 1. The Morgan fingerprint density at radius 1 is 1.60 bits per heavy atom. The third-order valence-corrected chi connectivity index (χ3v) is 4.27. The second-order valence-corrected chi connectivity index (χ2v) is 5.71. The van der Waals surface area contributed by atoms with Crippen molar-refractivity contribution < 1.29 is 18.3 Å². The highest BCUT2D eigenvalue weighted by molar-refractivity contribution is 7.87. The lowest BCUT2D eigenvalue weighted by Gasteiger charge is -2.19. The second-order valence-electron chi connectivity index (χ2n) is 3.95. The number of carbonyl (C=O) groups is 1. The first-order chi connectivity index (χ1) is 6.82. The van der Waals surface area contributed by atoms with Gasteiger partial charge in [0.2, 0.25) is 0 Å². The molecule has 0 bridgehead atoms. The largest absolute Gasteiger partial charge is 0.481 e. The zero-order valence-electron chi connectivity index (χ0n) is 8.86. The van der Waals surface area contributed by atoms with Gasteiger partial charge < -0.3 is 5.11 Å². The predicted molar refractivity (Wildman–Crippen MR) is 54.5 cm³/mol. The van der Waals surface area contributed by atoms with Crippen LogP contribution in [0.1, 0.15) is 20.3 Å². The highest BCUT2D eigenvalue weighted by atomic mass is 32.2. The molecule has 1 fully saturated rings. The molecule has 1 rings (SSSR count). The molecule has 0 saturated carbocycles. The van der Waals surface area contributed by atoms with Crippen LogP contribution in [0.4, 0.5) is 0 Å². The van der Waals surface area contributed by atoms with Crippen LogP contribution in [-0.2, 0) is 15.0 Å². The average molecular weight is 236 g/mol. The minimum Gasteiger partial charge on any atom is -0.481 e. The van der Waals surface area contributed by atoms with Crippen LogP contribution in [0.2, 0.25) is 0 Å². The standard InChI is InChI=1S/C8H16N2O4S/c1-3-9-15(13,14)10-5-4-8(2,6-10)7(11)12/h9H,3-6H2,1-2H3,(H,11,12). The fourth-order valence-electron chi connectivity index (χ4n) is 1.57. The minimum absolute atomic E-state index is 0.0394. The highest BCUT2D eigenvalue weighted by Gasteiger charge is 2.44. The van der Waals surface area contributed by atoms with Gasteiger partial charge in [0.05, 0.1) is 5.41 Å². The van der Waals surface area contributed by atoms with E-state index in [-0.39, 0.29) is 13.1 Å². The van der Waals surface area contributed by atoms with Gasteiger partial charge in [-0.25, -0.2) is 4.72 Å². The van der Waals surface area contributed by atoms with E-state index in [4.69, 9.17) is 5.11 Å². The van der Waals surface area contributed by atoms with Gasteiger partial charge in [-0.1, -0.05) is 6.92 Å². The molecule has 0 aromatic rings. The van der Waals surface area contributed by atoms with Gasteiger partial charge in [0.1, 0.15) is 0 Å². The maximum absolute atomic E-state index is 11.6. The van der Waals surface area contributed by atoms with Crippen molar-refractivity contribution in [2.45, 2.75) is 20.3 Å². The van der Waals surface area contributed by atoms with E-state index < -0.39 is 21.6 Å². The molecule has 0 aromatic heterocycles. The number of hydrogen-bond donors (Lipinski definition) is 2. The Morgan fingerprint density at radius 2 is 2.20 bits per heavy atom. The summed E-state index contributed by atoms with van der Waals surface area (Å²) in [4.78, 5) is 10.9. The SMILES string of the molecule is CCNS(=O)(=O)N1CCC(C)(C(=O)O)C1. The highest BCUT2D eigenvalue weighted by Crippen LogP contribution is 2.31. The van der Waals surface area contributed by atoms with E-state index in [1.54, 1.807) is 13.8 Å². The van der Waals surface area contributed by atoms with Crippen molar-refractivity contribution in [3.8, 4) is 0 Å². The second kappa shape index (κ2) is 4.07. The third kappa shape index (κ3) is 2.47. The fraction of sp³-hybridized carbons (Fsp3) is 0.875. The zero-order valence-corrected chi connectivity index (χ0v) is 9.67. The summed E-state index contributed by atoms with van der Waals surface area (Å²) in [6.45, 7) is 3.86. The molecule has 1 unspecified atom stereocenters. The first-order valence-corrected chi connectivity index (χ1v) is 6.24. The third-order valence-electron chi connectivity index (χ3n) is 2.62. The van der Waals surface area contributed by atoms with Crippen molar-refractivity contribution in [1.82, 2.24) is 9.03 Å². The molecule has 1 heterocycles. The molecule has 15 heavy (non-hydrogen) atoms. The van der Waals surface area contributed by atoms with Gasteiger partial charge in [-0.05, 0) is 13.3 Å². The summed E-state index contributed by atoms with van der Waals surface area (Å²) in [5.74, 6) is -0.948. The Bertz CT molecular complexity index is 354. The van der Waals surface area contributed by atoms with Crippen LogP contribution in [0, 0.1) is 5.41 Å². The molecule has 0 aromatic carbocycles. The maximum atomic E-state index is 11.6. The van der Waals surface area contributed by atoms with Crippen molar-refractivity contribution >= 4 is 16.2 Å². The molecule has 1 aliphatic heterocycles. The van der Waals surface area contributed by atoms with Crippen molar-refractivity contribution in [3.05, 3.63) is 0 Å². The van der Waals surface area contributed by atoms with E-state index in [0.29, 0.717) is 13.0 Å². The molecule has 7 heteroatoms. The Morgan fingerprint density at radius 3 is 2.60 bits per heavy atom. The Kier molecular flexibility index (Phi) is 3.37. The van der Waals surface area contributed by atoms with E-state index in [1.807, 2.05) is 0 Å². The number of hydrogen-bond acceptors (Lipinski definition) is 3. The number of carboxylic acid groups (broad SMARTS) is 1. The van der Waals surface area contributed by atoms with Gasteiger partial charge in [0, 0.05) is 19.6 Å². The molecule has 1 saturated heterocycles. The monoisotopic (exact) mass is 236 g/mol. The van der Waals surface area contributed by atoms with E-state index in [9.17, 15) is 13.2 Å². The molecular weight excluding hydrogens is 220 g/mol. The summed E-state index contributed by atoms with van der Waals surface area (Å²) < 4.78 is 26.7. The summed E-state index contributed by atoms with van der Waals surface area (Å²) in [6.07, 6.45) is 0.354. The Labute approximate surface area is 89.4 Å². The van der Waals surface area contributed by atoms with Crippen molar-refractivity contribution in [1.29, 1.82) is 0 Å². The maximum Gasteiger partial charge on any atom is 0.310 e. The van der Waals surface area contributed by atoms with Gasteiger partial charge in [0.15, 0.2) is 0 Å². The number of nitrogens with one attached hydrogen (secondary N) is 1. The van der Waals surface area contributed by atoms with Crippen LogP contribution in [0.15, 0.2) is 0 Å². The molecule has 1 aliphatic rings. The summed E-state index contributed by atoms with van der Waals surface area (Å²) in [5, 5.41) is 8.94. The normalized spacial score (nSPS) is 28.1. The lowest BCUT2D eigenvalue weighted by molar-refractivity contribution is -0.146. The van der Waals surface area contributed by atoms with Gasteiger partial charge in [0.25, 0.3) is 10.2 Å². The van der Waals surface area contributed by atoms with E-state index in [2.05, 4.69) is 4.72 Å². The predicted octanol–water partition coefficient (Wildman–Crippen LogP) is -0.363. The molecular formula is C8H16N2O4S. The Balaban J connectivity index is 2.76. The van der Waals surface area contributed by atoms with Crippen LogP contribution < -0.4 is 4.72 Å². The van der Waals surface area contributed by atoms with Crippen molar-refractivity contribution in [2.24, 2.45) is 5.41 Å². The van der Waals surface area contributed by atoms with Gasteiger partial charge in [-0.3, -0.25) is 4.79 Å². The van der Waals surface area contributed by atoms with Gasteiger partial charge >= 0.3 is 5.97 Å². The van der Waals surface area contributed by atoms with E-state index in [1.165, 1.54) is 4.31 Å². The average Bonchev–Trinajstić information content (AvgIpc) is 2.50. The van der Waals surface area contributed by atoms with Crippen LogP contribution in [-0.4, -0.2) is 43.4 Å². The number of aliphatic carboxylic acids is 1. The molecule has 2 N–H and O–H groups in total. The first kappa shape index (κ1) is 12.4. The summed E-state index contributed by atoms with van der Waals surface area (Å²) >= 11 is 0. The van der Waals surface area contributed by atoms with Crippen molar-refractivity contribution in [3.63, 3.8) is 0 Å². The topological polar surface area (TPSA) is 86.7 Å². The van der Waals surface area contributed by atoms with E-state index in [0.717, 1.165) is 0 Å². The quantitative estimate of drug-likeness (QED) is 0.697. The molecule has 88 valence electrons. The molecule has 0 radical (unpaired) electrons. The van der Waals surface area contributed by atoms with Crippen LogP contribution in [0.25, 0.3) is 0 Å². The van der Waals surface area contributed by atoms with Crippen LogP contribution in [0.3, 0.4) is 0 Å². The molecule has 0 amide bonds. The molecule has 6 nitrogen and oxygen atoms in total. The Hall–Kier alpha value is -0.660. The molecule has 0 aliphatic carbocycles.